The number of carbonyl (C=O) groups excluding carboxylic acids is 1. The number of benzene rings is 1. The number of nitrogens with one attached hydrogen (secondary N) is 2. The van der Waals surface area contributed by atoms with E-state index in [1.807, 2.05) is 5.32 Å². The van der Waals surface area contributed by atoms with Crippen molar-refractivity contribution in [1.82, 2.24) is 15.6 Å². The first-order valence-electron chi connectivity index (χ1n) is 7.61. The number of hydrogen-bond donors (Lipinski definition) is 3. The van der Waals surface area contributed by atoms with E-state index in [1.54, 1.807) is 30.3 Å². The van der Waals surface area contributed by atoms with Crippen LogP contribution in [0.1, 0.15) is 22.0 Å². The van der Waals surface area contributed by atoms with Gasteiger partial charge in [0.05, 0.1) is 6.04 Å². The first kappa shape index (κ1) is 18.3. The Morgan fingerprint density at radius 2 is 1.88 bits per heavy atom. The van der Waals surface area contributed by atoms with E-state index in [-0.39, 0.29) is 5.56 Å². The van der Waals surface area contributed by atoms with Crippen molar-refractivity contribution in [2.75, 3.05) is 0 Å². The van der Waals surface area contributed by atoms with Crippen molar-refractivity contribution in [1.29, 1.82) is 0 Å². The lowest BCUT2D eigenvalue weighted by molar-refractivity contribution is -0.285. The summed E-state index contributed by atoms with van der Waals surface area (Å²) in [5.41, 5.74) is -3.18. The van der Waals surface area contributed by atoms with Crippen LogP contribution >= 0.6 is 12.2 Å². The molecule has 1 aliphatic rings. The lowest BCUT2D eigenvalue weighted by atomic mass is 9.77. The third-order valence-electron chi connectivity index (χ3n) is 4.19. The summed E-state index contributed by atoms with van der Waals surface area (Å²) in [7, 11) is 0. The van der Waals surface area contributed by atoms with Gasteiger partial charge in [-0.3, -0.25) is 9.78 Å². The van der Waals surface area contributed by atoms with Crippen LogP contribution in [-0.4, -0.2) is 32.9 Å². The lowest BCUT2D eigenvalue weighted by Crippen LogP contribution is -2.72. The zero-order chi connectivity index (χ0) is 18.9. The summed E-state index contributed by atoms with van der Waals surface area (Å²) in [6.07, 6.45) is -2.59. The van der Waals surface area contributed by atoms with Crippen LogP contribution in [0.5, 0.6) is 0 Å². The van der Waals surface area contributed by atoms with E-state index >= 15 is 0 Å². The van der Waals surface area contributed by atoms with Crippen LogP contribution in [0.2, 0.25) is 0 Å². The molecule has 0 spiro atoms. The number of aromatic nitrogens is 1. The van der Waals surface area contributed by atoms with Crippen LogP contribution < -0.4 is 10.6 Å². The van der Waals surface area contributed by atoms with E-state index in [0.717, 1.165) is 6.20 Å². The first-order chi connectivity index (χ1) is 12.2. The molecule has 5 nitrogen and oxygen atoms in total. The Kier molecular flexibility index (Phi) is 4.68. The zero-order valence-corrected chi connectivity index (χ0v) is 14.0. The molecule has 1 aliphatic heterocycles. The molecule has 1 fully saturated rings. The minimum atomic E-state index is -5.14. The van der Waals surface area contributed by atoms with E-state index in [4.69, 9.17) is 12.2 Å². The van der Waals surface area contributed by atoms with E-state index in [0.29, 0.717) is 5.56 Å². The molecule has 0 bridgehead atoms. The fraction of sp³-hybridized carbons (Fsp3) is 0.235. The third kappa shape index (κ3) is 3.15. The number of halogens is 3. The summed E-state index contributed by atoms with van der Waals surface area (Å²) in [5, 5.41) is 14.6. The highest BCUT2D eigenvalue weighted by atomic mass is 32.1. The normalized spacial score (nSPS) is 25.9. The molecule has 3 atom stereocenters. The summed E-state index contributed by atoms with van der Waals surface area (Å²) in [6.45, 7) is 0. The predicted octanol–water partition coefficient (Wildman–Crippen LogP) is 2.35. The highest BCUT2D eigenvalue weighted by molar-refractivity contribution is 7.80. The molecule has 9 heteroatoms. The lowest BCUT2D eigenvalue weighted by Gasteiger charge is -2.46. The van der Waals surface area contributed by atoms with E-state index in [2.05, 4.69) is 10.3 Å². The zero-order valence-electron chi connectivity index (χ0n) is 13.2. The van der Waals surface area contributed by atoms with Gasteiger partial charge in [-0.2, -0.15) is 13.2 Å². The number of rotatable bonds is 3. The second kappa shape index (κ2) is 6.65. The Labute approximate surface area is 152 Å². The first-order valence-corrected chi connectivity index (χ1v) is 8.02. The SMILES string of the molecule is O=C(c1cccnc1)C1C(c2ccccc2)NC(=S)NC1(O)C(F)(F)F. The van der Waals surface area contributed by atoms with Gasteiger partial charge in [-0.1, -0.05) is 30.3 Å². The topological polar surface area (TPSA) is 74.2 Å². The van der Waals surface area contributed by atoms with Gasteiger partial charge in [0.25, 0.3) is 0 Å². The summed E-state index contributed by atoms with van der Waals surface area (Å²) in [4.78, 5) is 16.7. The largest absolute Gasteiger partial charge is 0.437 e. The van der Waals surface area contributed by atoms with Crippen LogP contribution in [0, 0.1) is 5.92 Å². The van der Waals surface area contributed by atoms with E-state index in [9.17, 15) is 23.1 Å². The number of pyridine rings is 1. The van der Waals surface area contributed by atoms with Gasteiger partial charge in [0, 0.05) is 18.0 Å². The molecule has 1 aromatic heterocycles. The maximum Gasteiger partial charge on any atom is 0.437 e. The van der Waals surface area contributed by atoms with Gasteiger partial charge in [0.15, 0.2) is 10.9 Å². The number of carbonyl (C=O) groups is 1. The molecule has 3 N–H and O–H groups in total. The standard InChI is InChI=1S/C17H14F3N3O2S/c18-17(19,20)16(25)12(14(24)11-7-4-8-21-9-11)13(22-15(26)23-16)10-5-2-1-3-6-10/h1-9,12-13,25H,(H2,22,23,26). The Morgan fingerprint density at radius 1 is 1.19 bits per heavy atom. The maximum atomic E-state index is 13.7. The molecule has 0 amide bonds. The van der Waals surface area contributed by atoms with Gasteiger partial charge in [-0.05, 0) is 29.9 Å². The van der Waals surface area contributed by atoms with Crippen LogP contribution in [0.4, 0.5) is 13.2 Å². The van der Waals surface area contributed by atoms with E-state index in [1.165, 1.54) is 18.3 Å². The molecule has 0 saturated carbocycles. The minimum absolute atomic E-state index is 0.0440. The molecular weight excluding hydrogens is 367 g/mol. The summed E-state index contributed by atoms with van der Waals surface area (Å²) in [5.74, 6) is -2.82. The van der Waals surface area contributed by atoms with E-state index < -0.39 is 34.8 Å². The van der Waals surface area contributed by atoms with Crippen molar-refractivity contribution < 1.29 is 23.1 Å². The molecule has 2 aromatic rings. The van der Waals surface area contributed by atoms with Gasteiger partial charge in [0.2, 0.25) is 5.72 Å². The summed E-state index contributed by atoms with van der Waals surface area (Å²) in [6, 6.07) is 9.67. The van der Waals surface area contributed by atoms with Crippen molar-refractivity contribution in [2.24, 2.45) is 5.92 Å². The summed E-state index contributed by atoms with van der Waals surface area (Å²) >= 11 is 4.85. The number of alkyl halides is 3. The quantitative estimate of drug-likeness (QED) is 0.560. The van der Waals surface area contributed by atoms with Gasteiger partial charge in [0.1, 0.15) is 5.92 Å². The monoisotopic (exact) mass is 381 g/mol. The Hall–Kier alpha value is -2.52. The number of hydrogen-bond acceptors (Lipinski definition) is 4. The van der Waals surface area contributed by atoms with Crippen molar-refractivity contribution in [3.05, 3.63) is 66.0 Å². The predicted molar refractivity (Wildman–Crippen MR) is 91.1 cm³/mol. The number of thiocarbonyl (C=S) groups is 1. The minimum Gasteiger partial charge on any atom is -0.363 e. The highest BCUT2D eigenvalue weighted by Crippen LogP contribution is 2.43. The molecule has 1 aromatic carbocycles. The smallest absolute Gasteiger partial charge is 0.363 e. The Bertz CT molecular complexity index is 817. The molecule has 3 rings (SSSR count). The van der Waals surface area contributed by atoms with Gasteiger partial charge < -0.3 is 15.7 Å². The second-order valence-corrected chi connectivity index (χ2v) is 6.24. The number of aliphatic hydroxyl groups is 1. The number of nitrogens with zero attached hydrogens (tertiary/aromatic N) is 1. The van der Waals surface area contributed by atoms with Crippen molar-refractivity contribution in [3.8, 4) is 0 Å². The maximum absolute atomic E-state index is 13.7. The molecule has 136 valence electrons. The average molecular weight is 381 g/mol. The van der Waals surface area contributed by atoms with Gasteiger partial charge in [-0.25, -0.2) is 0 Å². The van der Waals surface area contributed by atoms with Gasteiger partial charge >= 0.3 is 6.18 Å². The molecule has 0 radical (unpaired) electrons. The van der Waals surface area contributed by atoms with Gasteiger partial charge in [-0.15, -0.1) is 0 Å². The number of Topliss-reactive ketones (excluding diaryl/α,β-unsaturated/α-hetero) is 1. The van der Waals surface area contributed by atoms with Crippen molar-refractivity contribution >= 4 is 23.1 Å². The number of ketones is 1. The molecule has 3 unspecified atom stereocenters. The highest BCUT2D eigenvalue weighted by Gasteiger charge is 2.65. The summed E-state index contributed by atoms with van der Waals surface area (Å²) < 4.78 is 41.2. The Balaban J connectivity index is 2.15. The molecular formula is C17H14F3N3O2S. The van der Waals surface area contributed by atoms with Crippen molar-refractivity contribution in [2.45, 2.75) is 17.9 Å². The second-order valence-electron chi connectivity index (χ2n) is 5.83. The average Bonchev–Trinajstić information content (AvgIpc) is 2.61. The van der Waals surface area contributed by atoms with Crippen LogP contribution in [0.25, 0.3) is 0 Å². The molecule has 2 heterocycles. The fourth-order valence-corrected chi connectivity index (χ4v) is 3.25. The molecule has 26 heavy (non-hydrogen) atoms. The molecule has 0 aliphatic carbocycles. The Morgan fingerprint density at radius 3 is 2.46 bits per heavy atom. The third-order valence-corrected chi connectivity index (χ3v) is 4.41. The van der Waals surface area contributed by atoms with Crippen molar-refractivity contribution in [3.63, 3.8) is 0 Å². The van der Waals surface area contributed by atoms with Crippen LogP contribution in [0.3, 0.4) is 0 Å². The fourth-order valence-electron chi connectivity index (χ4n) is 2.97. The molecule has 1 saturated heterocycles. The van der Waals surface area contributed by atoms with Crippen LogP contribution in [0.15, 0.2) is 54.9 Å². The van der Waals surface area contributed by atoms with Crippen LogP contribution in [-0.2, 0) is 0 Å².